The van der Waals surface area contributed by atoms with Gasteiger partial charge >= 0.3 is 0 Å². The van der Waals surface area contributed by atoms with Crippen molar-refractivity contribution in [2.75, 3.05) is 5.88 Å². The van der Waals surface area contributed by atoms with E-state index in [2.05, 4.69) is 0 Å². The maximum absolute atomic E-state index is 9.86. The van der Waals surface area contributed by atoms with Gasteiger partial charge in [-0.1, -0.05) is 31.4 Å². The van der Waals surface area contributed by atoms with E-state index in [0.717, 1.165) is 25.7 Å². The lowest BCUT2D eigenvalue weighted by atomic mass is 9.85. The largest absolute Gasteiger partial charge is 0.386 e. The van der Waals surface area contributed by atoms with E-state index in [1.54, 1.807) is 0 Å². The van der Waals surface area contributed by atoms with Crippen molar-refractivity contribution in [3.63, 3.8) is 0 Å². The topological polar surface area (TPSA) is 20.2 Å². The molecule has 0 aliphatic heterocycles. The van der Waals surface area contributed by atoms with Crippen LogP contribution in [0.5, 0.6) is 0 Å². The van der Waals surface area contributed by atoms with Crippen molar-refractivity contribution < 1.29 is 5.11 Å². The number of hydrogen-bond acceptors (Lipinski definition) is 1. The highest BCUT2D eigenvalue weighted by atomic mass is 35.5. The number of rotatable bonds is 2. The zero-order valence-corrected chi connectivity index (χ0v) is 7.48. The minimum atomic E-state index is -0.535. The first kappa shape index (κ1) is 9.08. The lowest BCUT2D eigenvalue weighted by Crippen LogP contribution is -2.28. The van der Waals surface area contributed by atoms with Gasteiger partial charge in [-0.25, -0.2) is 0 Å². The molecule has 1 aliphatic carbocycles. The SMILES string of the molecule is OC1(C=CCCl)CCCCC1. The maximum Gasteiger partial charge on any atom is 0.0828 e. The first-order valence-electron chi connectivity index (χ1n) is 4.23. The van der Waals surface area contributed by atoms with Gasteiger partial charge in [0, 0.05) is 5.88 Å². The molecular formula is C9H15ClO. The summed E-state index contributed by atoms with van der Waals surface area (Å²) in [4.78, 5) is 0. The fourth-order valence-electron chi connectivity index (χ4n) is 1.59. The van der Waals surface area contributed by atoms with Gasteiger partial charge in [0.15, 0.2) is 0 Å². The summed E-state index contributed by atoms with van der Waals surface area (Å²) in [7, 11) is 0. The molecule has 0 spiro atoms. The fraction of sp³-hybridized carbons (Fsp3) is 0.778. The molecule has 0 bridgehead atoms. The molecule has 1 N–H and O–H groups in total. The molecule has 1 rings (SSSR count). The minimum Gasteiger partial charge on any atom is -0.386 e. The third-order valence-electron chi connectivity index (χ3n) is 2.24. The molecule has 0 amide bonds. The second-order valence-electron chi connectivity index (χ2n) is 3.22. The molecule has 0 radical (unpaired) electrons. The van der Waals surface area contributed by atoms with Crippen molar-refractivity contribution in [2.45, 2.75) is 37.7 Å². The van der Waals surface area contributed by atoms with Gasteiger partial charge in [0.25, 0.3) is 0 Å². The van der Waals surface area contributed by atoms with E-state index in [1.807, 2.05) is 12.2 Å². The van der Waals surface area contributed by atoms with Crippen molar-refractivity contribution in [2.24, 2.45) is 0 Å². The van der Waals surface area contributed by atoms with Crippen LogP contribution in [0.3, 0.4) is 0 Å². The smallest absolute Gasteiger partial charge is 0.0828 e. The molecule has 1 saturated carbocycles. The summed E-state index contributed by atoms with van der Waals surface area (Å²) < 4.78 is 0. The number of halogens is 1. The van der Waals surface area contributed by atoms with Crippen LogP contribution in [0.2, 0.25) is 0 Å². The summed E-state index contributed by atoms with van der Waals surface area (Å²) in [6.07, 6.45) is 9.05. The second kappa shape index (κ2) is 4.13. The molecule has 1 aliphatic rings. The Morgan fingerprint density at radius 3 is 2.45 bits per heavy atom. The summed E-state index contributed by atoms with van der Waals surface area (Å²) in [6.45, 7) is 0. The van der Waals surface area contributed by atoms with Gasteiger partial charge < -0.3 is 5.11 Å². The molecule has 64 valence electrons. The molecule has 0 aromatic heterocycles. The van der Waals surface area contributed by atoms with Crippen LogP contribution < -0.4 is 0 Å². The molecule has 1 nitrogen and oxygen atoms in total. The molecule has 0 aromatic rings. The Morgan fingerprint density at radius 2 is 1.91 bits per heavy atom. The molecule has 1 fully saturated rings. The molecule has 2 heteroatoms. The van der Waals surface area contributed by atoms with E-state index in [4.69, 9.17) is 11.6 Å². The lowest BCUT2D eigenvalue weighted by Gasteiger charge is -2.28. The molecule has 0 unspecified atom stereocenters. The highest BCUT2D eigenvalue weighted by Crippen LogP contribution is 2.28. The van der Waals surface area contributed by atoms with Crippen LogP contribution in [0.15, 0.2) is 12.2 Å². The lowest BCUT2D eigenvalue weighted by molar-refractivity contribution is 0.0512. The first-order chi connectivity index (χ1) is 5.27. The fourth-order valence-corrected chi connectivity index (χ4v) is 1.68. The second-order valence-corrected chi connectivity index (χ2v) is 3.53. The Kier molecular flexibility index (Phi) is 3.41. The molecular weight excluding hydrogens is 160 g/mol. The van der Waals surface area contributed by atoms with Gasteiger partial charge in [0.1, 0.15) is 0 Å². The number of aliphatic hydroxyl groups is 1. The van der Waals surface area contributed by atoms with Crippen molar-refractivity contribution in [3.05, 3.63) is 12.2 Å². The number of hydrogen-bond donors (Lipinski definition) is 1. The maximum atomic E-state index is 9.86. The van der Waals surface area contributed by atoms with Crippen molar-refractivity contribution in [1.29, 1.82) is 0 Å². The minimum absolute atomic E-state index is 0.502. The highest BCUT2D eigenvalue weighted by molar-refractivity contribution is 6.18. The van der Waals surface area contributed by atoms with Gasteiger partial charge in [0.05, 0.1) is 5.60 Å². The van der Waals surface area contributed by atoms with Crippen LogP contribution in [0.25, 0.3) is 0 Å². The summed E-state index contributed by atoms with van der Waals surface area (Å²) in [5, 5.41) is 9.86. The zero-order valence-electron chi connectivity index (χ0n) is 6.72. The van der Waals surface area contributed by atoms with Gasteiger partial charge in [-0.15, -0.1) is 11.6 Å². The van der Waals surface area contributed by atoms with Crippen LogP contribution in [-0.4, -0.2) is 16.6 Å². The van der Waals surface area contributed by atoms with Crippen LogP contribution in [0, 0.1) is 0 Å². The molecule has 0 heterocycles. The average Bonchev–Trinajstić information content (AvgIpc) is 2.03. The quantitative estimate of drug-likeness (QED) is 0.504. The van der Waals surface area contributed by atoms with E-state index in [-0.39, 0.29) is 0 Å². The highest BCUT2D eigenvalue weighted by Gasteiger charge is 2.25. The van der Waals surface area contributed by atoms with E-state index in [9.17, 15) is 5.11 Å². The van der Waals surface area contributed by atoms with Gasteiger partial charge in [-0.05, 0) is 12.8 Å². The zero-order chi connectivity index (χ0) is 8.16. The van der Waals surface area contributed by atoms with Crippen molar-refractivity contribution in [3.8, 4) is 0 Å². The predicted molar refractivity (Wildman–Crippen MR) is 47.9 cm³/mol. The molecule has 0 saturated heterocycles. The monoisotopic (exact) mass is 174 g/mol. The Labute approximate surface area is 73.1 Å². The number of alkyl halides is 1. The van der Waals surface area contributed by atoms with Crippen molar-refractivity contribution >= 4 is 11.6 Å². The van der Waals surface area contributed by atoms with E-state index in [0.29, 0.717) is 5.88 Å². The van der Waals surface area contributed by atoms with E-state index in [1.165, 1.54) is 6.42 Å². The van der Waals surface area contributed by atoms with Gasteiger partial charge in [0.2, 0.25) is 0 Å². The Hall–Kier alpha value is -0.0100. The summed E-state index contributed by atoms with van der Waals surface area (Å²) in [5.41, 5.74) is -0.535. The van der Waals surface area contributed by atoms with E-state index < -0.39 is 5.60 Å². The number of allylic oxidation sites excluding steroid dienone is 1. The Bertz CT molecular complexity index is 136. The van der Waals surface area contributed by atoms with Gasteiger partial charge in [-0.2, -0.15) is 0 Å². The molecule has 0 aromatic carbocycles. The summed E-state index contributed by atoms with van der Waals surface area (Å²) >= 11 is 5.48. The molecule has 0 atom stereocenters. The Morgan fingerprint density at radius 1 is 1.27 bits per heavy atom. The molecule has 11 heavy (non-hydrogen) atoms. The predicted octanol–water partition coefficient (Wildman–Crippen LogP) is 2.48. The van der Waals surface area contributed by atoms with E-state index >= 15 is 0 Å². The van der Waals surface area contributed by atoms with Crippen LogP contribution in [0.4, 0.5) is 0 Å². The third kappa shape index (κ3) is 2.84. The van der Waals surface area contributed by atoms with Crippen LogP contribution >= 0.6 is 11.6 Å². The average molecular weight is 175 g/mol. The normalized spacial score (nSPS) is 24.2. The third-order valence-corrected chi connectivity index (χ3v) is 2.41. The van der Waals surface area contributed by atoms with Gasteiger partial charge in [-0.3, -0.25) is 0 Å². The standard InChI is InChI=1S/C9H15ClO/c10-8-4-7-9(11)5-2-1-3-6-9/h4,7,11H,1-3,5-6,8H2. The summed E-state index contributed by atoms with van der Waals surface area (Å²) in [6, 6.07) is 0. The first-order valence-corrected chi connectivity index (χ1v) is 4.76. The Balaban J connectivity index is 2.43. The van der Waals surface area contributed by atoms with Crippen LogP contribution in [-0.2, 0) is 0 Å². The summed E-state index contributed by atoms with van der Waals surface area (Å²) in [5.74, 6) is 0.502. The van der Waals surface area contributed by atoms with Crippen LogP contribution in [0.1, 0.15) is 32.1 Å². The van der Waals surface area contributed by atoms with Crippen molar-refractivity contribution in [1.82, 2.24) is 0 Å².